The lowest BCUT2D eigenvalue weighted by Crippen LogP contribution is -2.44. The predicted molar refractivity (Wildman–Crippen MR) is 53.7 cm³/mol. The maximum Gasteiger partial charge on any atom is 0.0730 e. The van der Waals surface area contributed by atoms with Crippen molar-refractivity contribution < 1.29 is 4.74 Å². The van der Waals surface area contributed by atoms with E-state index in [1.165, 1.54) is 25.9 Å². The van der Waals surface area contributed by atoms with Crippen LogP contribution in [0.3, 0.4) is 0 Å². The summed E-state index contributed by atoms with van der Waals surface area (Å²) < 4.78 is 5.77. The number of morpholine rings is 1. The summed E-state index contributed by atoms with van der Waals surface area (Å²) in [6, 6.07) is 0. The molecule has 0 amide bonds. The molecule has 1 heterocycles. The average molecular weight is 183 g/mol. The Morgan fingerprint density at radius 2 is 2.15 bits per heavy atom. The summed E-state index contributed by atoms with van der Waals surface area (Å²) in [4.78, 5) is 2.57. The largest absolute Gasteiger partial charge is 0.375 e. The third kappa shape index (κ3) is 2.68. The summed E-state index contributed by atoms with van der Waals surface area (Å²) in [5, 5.41) is 0. The van der Waals surface area contributed by atoms with Gasteiger partial charge in [-0.15, -0.1) is 0 Å². The molecule has 0 spiro atoms. The topological polar surface area (TPSA) is 12.5 Å². The molecule has 1 atom stereocenters. The maximum absolute atomic E-state index is 5.77. The molecule has 2 nitrogen and oxygen atoms in total. The summed E-state index contributed by atoms with van der Waals surface area (Å²) >= 11 is 0. The summed E-state index contributed by atoms with van der Waals surface area (Å²) in [5.41, 5.74) is 0. The minimum absolute atomic E-state index is 0.562. The van der Waals surface area contributed by atoms with Gasteiger partial charge in [0, 0.05) is 19.6 Å². The standard InChI is InChI=1S/C11H21NO/c1-9(2)7-12-5-6-13-11(8-12)10-3-4-10/h9-11H,3-8H2,1-2H3. The van der Waals surface area contributed by atoms with Crippen molar-refractivity contribution in [3.05, 3.63) is 0 Å². The second kappa shape index (κ2) is 3.97. The lowest BCUT2D eigenvalue weighted by Gasteiger charge is -2.34. The van der Waals surface area contributed by atoms with Gasteiger partial charge >= 0.3 is 0 Å². The van der Waals surface area contributed by atoms with Crippen molar-refractivity contribution in [2.75, 3.05) is 26.2 Å². The highest BCUT2D eigenvalue weighted by molar-refractivity contribution is 4.86. The van der Waals surface area contributed by atoms with Gasteiger partial charge in [-0.3, -0.25) is 4.90 Å². The highest BCUT2D eigenvalue weighted by Crippen LogP contribution is 2.35. The van der Waals surface area contributed by atoms with E-state index >= 15 is 0 Å². The van der Waals surface area contributed by atoms with Crippen molar-refractivity contribution in [2.24, 2.45) is 11.8 Å². The van der Waals surface area contributed by atoms with E-state index < -0.39 is 0 Å². The number of hydrogen-bond donors (Lipinski definition) is 0. The second-order valence-corrected chi connectivity index (χ2v) is 4.90. The zero-order chi connectivity index (χ0) is 9.26. The summed E-state index contributed by atoms with van der Waals surface area (Å²) in [6.45, 7) is 9.11. The van der Waals surface area contributed by atoms with Crippen LogP contribution in [0.5, 0.6) is 0 Å². The quantitative estimate of drug-likeness (QED) is 0.661. The van der Waals surface area contributed by atoms with Gasteiger partial charge in [0.2, 0.25) is 0 Å². The van der Waals surface area contributed by atoms with Crippen molar-refractivity contribution in [2.45, 2.75) is 32.8 Å². The molecule has 2 rings (SSSR count). The molecule has 1 saturated heterocycles. The molecule has 0 aromatic rings. The van der Waals surface area contributed by atoms with E-state index in [0.29, 0.717) is 6.10 Å². The average Bonchev–Trinajstić information content (AvgIpc) is 2.85. The zero-order valence-electron chi connectivity index (χ0n) is 8.83. The SMILES string of the molecule is CC(C)CN1CCOC(C2CC2)C1. The fourth-order valence-corrected chi connectivity index (χ4v) is 2.17. The molecule has 0 aromatic heterocycles. The van der Waals surface area contributed by atoms with Gasteiger partial charge in [-0.05, 0) is 24.7 Å². The fraction of sp³-hybridized carbons (Fsp3) is 1.00. The van der Waals surface area contributed by atoms with Gasteiger partial charge in [0.15, 0.2) is 0 Å². The van der Waals surface area contributed by atoms with Crippen LogP contribution in [0.4, 0.5) is 0 Å². The van der Waals surface area contributed by atoms with Gasteiger partial charge < -0.3 is 4.74 Å². The zero-order valence-corrected chi connectivity index (χ0v) is 8.83. The molecule has 0 aromatic carbocycles. The Balaban J connectivity index is 1.77. The molecule has 2 heteroatoms. The highest BCUT2D eigenvalue weighted by Gasteiger charge is 2.35. The first kappa shape index (κ1) is 9.47. The van der Waals surface area contributed by atoms with Crippen LogP contribution < -0.4 is 0 Å². The summed E-state index contributed by atoms with van der Waals surface area (Å²) in [5.74, 6) is 1.69. The molecule has 1 aliphatic heterocycles. The van der Waals surface area contributed by atoms with E-state index in [9.17, 15) is 0 Å². The van der Waals surface area contributed by atoms with Crippen LogP contribution in [0.2, 0.25) is 0 Å². The van der Waals surface area contributed by atoms with Crippen LogP contribution >= 0.6 is 0 Å². The molecule has 76 valence electrons. The van der Waals surface area contributed by atoms with Gasteiger partial charge in [0.05, 0.1) is 12.7 Å². The van der Waals surface area contributed by atoms with E-state index in [1.54, 1.807) is 0 Å². The Morgan fingerprint density at radius 3 is 2.77 bits per heavy atom. The molecular formula is C11H21NO. The van der Waals surface area contributed by atoms with Crippen LogP contribution in [-0.4, -0.2) is 37.2 Å². The number of nitrogens with zero attached hydrogens (tertiary/aromatic N) is 1. The van der Waals surface area contributed by atoms with Crippen molar-refractivity contribution in [3.63, 3.8) is 0 Å². The minimum atomic E-state index is 0.562. The molecule has 1 aliphatic carbocycles. The molecule has 2 fully saturated rings. The summed E-state index contributed by atoms with van der Waals surface area (Å²) in [7, 11) is 0. The van der Waals surface area contributed by atoms with Crippen molar-refractivity contribution in [1.29, 1.82) is 0 Å². The first-order chi connectivity index (χ1) is 6.25. The molecule has 0 radical (unpaired) electrons. The Hall–Kier alpha value is -0.0800. The minimum Gasteiger partial charge on any atom is -0.375 e. The monoisotopic (exact) mass is 183 g/mol. The van der Waals surface area contributed by atoms with E-state index in [4.69, 9.17) is 4.74 Å². The second-order valence-electron chi connectivity index (χ2n) is 4.90. The summed E-state index contributed by atoms with van der Waals surface area (Å²) in [6.07, 6.45) is 3.37. The molecule has 0 bridgehead atoms. The smallest absolute Gasteiger partial charge is 0.0730 e. The predicted octanol–water partition coefficient (Wildman–Crippen LogP) is 1.75. The Bertz CT molecular complexity index is 165. The van der Waals surface area contributed by atoms with Crippen molar-refractivity contribution in [3.8, 4) is 0 Å². The Labute approximate surface area is 81.3 Å². The van der Waals surface area contributed by atoms with Crippen LogP contribution in [0, 0.1) is 11.8 Å². The van der Waals surface area contributed by atoms with E-state index in [-0.39, 0.29) is 0 Å². The lowest BCUT2D eigenvalue weighted by atomic mass is 10.1. The highest BCUT2D eigenvalue weighted by atomic mass is 16.5. The van der Waals surface area contributed by atoms with Crippen LogP contribution in [-0.2, 0) is 4.74 Å². The lowest BCUT2D eigenvalue weighted by molar-refractivity contribution is -0.0420. The van der Waals surface area contributed by atoms with Crippen LogP contribution in [0.15, 0.2) is 0 Å². The third-order valence-electron chi connectivity index (χ3n) is 2.95. The van der Waals surface area contributed by atoms with Gasteiger partial charge in [-0.25, -0.2) is 0 Å². The fourth-order valence-electron chi connectivity index (χ4n) is 2.17. The number of rotatable bonds is 3. The van der Waals surface area contributed by atoms with E-state index in [0.717, 1.165) is 25.0 Å². The van der Waals surface area contributed by atoms with Gasteiger partial charge in [-0.2, -0.15) is 0 Å². The first-order valence-corrected chi connectivity index (χ1v) is 5.59. The molecule has 13 heavy (non-hydrogen) atoms. The molecular weight excluding hydrogens is 162 g/mol. The van der Waals surface area contributed by atoms with Gasteiger partial charge in [0.1, 0.15) is 0 Å². The van der Waals surface area contributed by atoms with Gasteiger partial charge in [-0.1, -0.05) is 13.8 Å². The van der Waals surface area contributed by atoms with Crippen LogP contribution in [0.1, 0.15) is 26.7 Å². The molecule has 0 N–H and O–H groups in total. The molecule has 1 unspecified atom stereocenters. The maximum atomic E-state index is 5.77. The van der Waals surface area contributed by atoms with E-state index in [1.807, 2.05) is 0 Å². The van der Waals surface area contributed by atoms with Crippen LogP contribution in [0.25, 0.3) is 0 Å². The Kier molecular flexibility index (Phi) is 2.89. The molecule has 1 saturated carbocycles. The number of hydrogen-bond acceptors (Lipinski definition) is 2. The van der Waals surface area contributed by atoms with Crippen molar-refractivity contribution >= 4 is 0 Å². The third-order valence-corrected chi connectivity index (χ3v) is 2.95. The van der Waals surface area contributed by atoms with E-state index in [2.05, 4.69) is 18.7 Å². The Morgan fingerprint density at radius 1 is 1.38 bits per heavy atom. The van der Waals surface area contributed by atoms with Gasteiger partial charge in [0.25, 0.3) is 0 Å². The van der Waals surface area contributed by atoms with Crippen molar-refractivity contribution in [1.82, 2.24) is 4.90 Å². The first-order valence-electron chi connectivity index (χ1n) is 5.59. The number of ether oxygens (including phenoxy) is 1. The molecule has 2 aliphatic rings. The normalized spacial score (nSPS) is 31.2.